The molecule has 0 unspecified atom stereocenters. The van der Waals surface area contributed by atoms with Crippen LogP contribution in [0.25, 0.3) is 0 Å². The number of likely N-dealkylation sites (tertiary alicyclic amines) is 1. The van der Waals surface area contributed by atoms with Crippen LogP contribution in [0, 0.1) is 5.82 Å². The zero-order valence-corrected chi connectivity index (χ0v) is 22.8. The molecule has 0 N–H and O–H groups in total. The number of methoxy groups -OCH3 is 2. The zero-order valence-electron chi connectivity index (χ0n) is 22.8. The summed E-state index contributed by atoms with van der Waals surface area (Å²) < 4.78 is 39.7. The topological polar surface area (TPSA) is 58.0 Å². The maximum atomic E-state index is 14.0. The number of hydrogen-bond donors (Lipinski definition) is 0. The highest BCUT2D eigenvalue weighted by Crippen LogP contribution is 2.31. The van der Waals surface area contributed by atoms with Crippen LogP contribution in [0.4, 0.5) is 4.39 Å². The SMILES string of the molecule is CCc1nccn1CCCOc1cc(CN2CCC[C@](COc3ccccc3F)(OC)CC2)ccc1OC. The lowest BCUT2D eigenvalue weighted by Crippen LogP contribution is -2.39. The molecule has 1 aromatic heterocycles. The van der Waals surface area contributed by atoms with Gasteiger partial charge in [0.1, 0.15) is 18.0 Å². The maximum absolute atomic E-state index is 14.0. The highest BCUT2D eigenvalue weighted by atomic mass is 19.1. The van der Waals surface area contributed by atoms with Gasteiger partial charge in [0.25, 0.3) is 0 Å². The third-order valence-corrected chi connectivity index (χ3v) is 7.30. The molecule has 1 saturated heterocycles. The highest BCUT2D eigenvalue weighted by molar-refractivity contribution is 5.43. The Labute approximate surface area is 225 Å². The molecule has 0 aliphatic carbocycles. The fourth-order valence-electron chi connectivity index (χ4n) is 5.03. The highest BCUT2D eigenvalue weighted by Gasteiger charge is 2.34. The first-order valence-electron chi connectivity index (χ1n) is 13.5. The van der Waals surface area contributed by atoms with Gasteiger partial charge in [0, 0.05) is 45.6 Å². The first-order chi connectivity index (χ1) is 18.6. The number of nitrogens with zero attached hydrogens (tertiary/aromatic N) is 3. The summed E-state index contributed by atoms with van der Waals surface area (Å²) in [6, 6.07) is 12.7. The van der Waals surface area contributed by atoms with E-state index in [0.717, 1.165) is 75.6 Å². The molecule has 1 aliphatic rings. The van der Waals surface area contributed by atoms with Gasteiger partial charge < -0.3 is 23.5 Å². The summed E-state index contributed by atoms with van der Waals surface area (Å²) in [5, 5.41) is 0. The number of rotatable bonds is 13. The third-order valence-electron chi connectivity index (χ3n) is 7.30. The second-order valence-corrected chi connectivity index (χ2v) is 9.81. The van der Waals surface area contributed by atoms with E-state index >= 15 is 0 Å². The van der Waals surface area contributed by atoms with E-state index in [0.29, 0.717) is 13.2 Å². The minimum Gasteiger partial charge on any atom is -0.493 e. The van der Waals surface area contributed by atoms with Crippen molar-refractivity contribution in [1.82, 2.24) is 14.5 Å². The summed E-state index contributed by atoms with van der Waals surface area (Å²) in [4.78, 5) is 6.81. The van der Waals surface area contributed by atoms with E-state index in [2.05, 4.69) is 33.5 Å². The van der Waals surface area contributed by atoms with Gasteiger partial charge in [0.15, 0.2) is 23.1 Å². The van der Waals surface area contributed by atoms with Crippen LogP contribution in [0.2, 0.25) is 0 Å². The molecule has 8 heteroatoms. The quantitative estimate of drug-likeness (QED) is 0.274. The summed E-state index contributed by atoms with van der Waals surface area (Å²) in [5.41, 5.74) is 0.745. The summed E-state index contributed by atoms with van der Waals surface area (Å²) in [5.74, 6) is 2.53. The van der Waals surface area contributed by atoms with E-state index in [1.165, 1.54) is 11.6 Å². The van der Waals surface area contributed by atoms with Crippen LogP contribution in [0.15, 0.2) is 54.9 Å². The van der Waals surface area contributed by atoms with Crippen molar-refractivity contribution in [1.29, 1.82) is 0 Å². The summed E-state index contributed by atoms with van der Waals surface area (Å²) in [6.07, 6.45) is 8.32. The van der Waals surface area contributed by atoms with Gasteiger partial charge >= 0.3 is 0 Å². The number of halogens is 1. The summed E-state index contributed by atoms with van der Waals surface area (Å²) in [7, 11) is 3.40. The molecular weight excluding hydrogens is 485 g/mol. The molecule has 0 bridgehead atoms. The van der Waals surface area contributed by atoms with Crippen LogP contribution in [0.3, 0.4) is 0 Å². The van der Waals surface area contributed by atoms with Crippen LogP contribution >= 0.6 is 0 Å². The number of aromatic nitrogens is 2. The Morgan fingerprint density at radius 2 is 1.87 bits per heavy atom. The van der Waals surface area contributed by atoms with Crippen LogP contribution in [-0.4, -0.2) is 60.6 Å². The molecule has 0 radical (unpaired) electrons. The predicted molar refractivity (Wildman–Crippen MR) is 145 cm³/mol. The molecule has 3 aromatic rings. The van der Waals surface area contributed by atoms with E-state index in [1.54, 1.807) is 32.4 Å². The van der Waals surface area contributed by atoms with Crippen molar-refractivity contribution >= 4 is 0 Å². The lowest BCUT2D eigenvalue weighted by atomic mass is 9.95. The Hall–Kier alpha value is -3.10. The second kappa shape index (κ2) is 13.6. The fraction of sp³-hybridized carbons (Fsp3) is 0.500. The largest absolute Gasteiger partial charge is 0.493 e. The third kappa shape index (κ3) is 7.26. The smallest absolute Gasteiger partial charge is 0.165 e. The van der Waals surface area contributed by atoms with Crippen molar-refractivity contribution in [2.24, 2.45) is 0 Å². The molecule has 0 saturated carbocycles. The Bertz CT molecular complexity index is 1150. The number of benzene rings is 2. The van der Waals surface area contributed by atoms with Crippen LogP contribution in [0.1, 0.15) is 44.0 Å². The standard InChI is InChI=1S/C30H40FN3O4/c1-4-29-32-15-19-34(29)17-8-20-37-28-21-24(11-12-27(28)35-2)22-33-16-7-13-30(36-3,14-18-33)23-38-26-10-6-5-9-25(26)31/h5-6,9-12,15,19,21H,4,7-8,13-14,16-18,20,22-23H2,1-3H3/t30-/m0/s1. The molecule has 38 heavy (non-hydrogen) atoms. The normalized spacial score (nSPS) is 18.2. The molecule has 1 fully saturated rings. The van der Waals surface area contributed by atoms with Gasteiger partial charge in [-0.25, -0.2) is 9.37 Å². The number of ether oxygens (including phenoxy) is 4. The maximum Gasteiger partial charge on any atom is 0.165 e. The van der Waals surface area contributed by atoms with Crippen molar-refractivity contribution in [3.63, 3.8) is 0 Å². The molecule has 1 atom stereocenters. The van der Waals surface area contributed by atoms with E-state index in [1.807, 2.05) is 18.5 Å². The van der Waals surface area contributed by atoms with E-state index in [9.17, 15) is 4.39 Å². The monoisotopic (exact) mass is 525 g/mol. The van der Waals surface area contributed by atoms with E-state index in [-0.39, 0.29) is 11.6 Å². The molecule has 2 aromatic carbocycles. The van der Waals surface area contributed by atoms with Gasteiger partial charge in [-0.15, -0.1) is 0 Å². The first-order valence-corrected chi connectivity index (χ1v) is 13.5. The van der Waals surface area contributed by atoms with Crippen molar-refractivity contribution in [3.8, 4) is 17.2 Å². The molecule has 7 nitrogen and oxygen atoms in total. The number of hydrogen-bond acceptors (Lipinski definition) is 6. The number of para-hydroxylation sites is 1. The Balaban J connectivity index is 1.31. The second-order valence-electron chi connectivity index (χ2n) is 9.81. The molecule has 4 rings (SSSR count). The van der Waals surface area contributed by atoms with Crippen molar-refractivity contribution in [2.75, 3.05) is 40.5 Å². The van der Waals surface area contributed by atoms with Crippen molar-refractivity contribution in [3.05, 3.63) is 72.1 Å². The van der Waals surface area contributed by atoms with Gasteiger partial charge in [-0.1, -0.05) is 25.1 Å². The van der Waals surface area contributed by atoms with Gasteiger partial charge in [-0.2, -0.15) is 0 Å². The van der Waals surface area contributed by atoms with Crippen LogP contribution in [0.5, 0.6) is 17.2 Å². The molecule has 0 amide bonds. The summed E-state index contributed by atoms with van der Waals surface area (Å²) >= 11 is 0. The van der Waals surface area contributed by atoms with Gasteiger partial charge in [-0.3, -0.25) is 4.90 Å². The van der Waals surface area contributed by atoms with E-state index in [4.69, 9.17) is 18.9 Å². The zero-order chi connectivity index (χ0) is 26.8. The molecule has 0 spiro atoms. The lowest BCUT2D eigenvalue weighted by molar-refractivity contribution is -0.0548. The average Bonchev–Trinajstić information content (AvgIpc) is 3.31. The first kappa shape index (κ1) is 27.9. The Morgan fingerprint density at radius 1 is 1.00 bits per heavy atom. The van der Waals surface area contributed by atoms with Gasteiger partial charge in [-0.05, 0) is 62.1 Å². The summed E-state index contributed by atoms with van der Waals surface area (Å²) in [6.45, 7) is 6.55. The molecule has 1 aliphatic heterocycles. The van der Waals surface area contributed by atoms with Gasteiger partial charge in [0.05, 0.1) is 13.7 Å². The molecule has 2 heterocycles. The van der Waals surface area contributed by atoms with E-state index < -0.39 is 5.60 Å². The molecular formula is C30H40FN3O4. The molecule has 206 valence electrons. The van der Waals surface area contributed by atoms with Crippen molar-refractivity contribution < 1.29 is 23.3 Å². The minimum absolute atomic E-state index is 0.270. The van der Waals surface area contributed by atoms with Gasteiger partial charge in [0.2, 0.25) is 0 Å². The number of imidazole rings is 1. The Kier molecular flexibility index (Phi) is 10.0. The predicted octanol–water partition coefficient (Wildman–Crippen LogP) is 5.51. The average molecular weight is 526 g/mol. The van der Waals surface area contributed by atoms with Crippen molar-refractivity contribution in [2.45, 2.75) is 57.7 Å². The van der Waals surface area contributed by atoms with Crippen LogP contribution < -0.4 is 14.2 Å². The van der Waals surface area contributed by atoms with Crippen LogP contribution in [-0.2, 0) is 24.2 Å². The fourth-order valence-corrected chi connectivity index (χ4v) is 5.03. The lowest BCUT2D eigenvalue weighted by Gasteiger charge is -2.31. The Morgan fingerprint density at radius 3 is 2.66 bits per heavy atom. The number of aryl methyl sites for hydroxylation is 2. The minimum atomic E-state index is -0.432.